The maximum Gasteiger partial charge on any atom is 0.191 e. The van der Waals surface area contributed by atoms with Crippen LogP contribution in [0.1, 0.15) is 25.0 Å². The monoisotopic (exact) mass is 544 g/mol. The van der Waals surface area contributed by atoms with E-state index in [0.717, 1.165) is 12.1 Å². The highest BCUT2D eigenvalue weighted by Gasteiger charge is 2.10. The number of para-hydroxylation sites is 2. The minimum Gasteiger partial charge on any atom is -0.493 e. The Balaban J connectivity index is 0.00000480. The van der Waals surface area contributed by atoms with Gasteiger partial charge in [0.05, 0.1) is 20.2 Å². The molecular weight excluding hydrogens is 510 g/mol. The molecule has 0 saturated heterocycles. The first kappa shape index (κ1) is 27.0. The number of hydrogen-bond donors (Lipinski definition) is 2. The highest BCUT2D eigenvalue weighted by molar-refractivity contribution is 14.0. The number of rotatable bonds is 10. The molecule has 0 aliphatic rings. The molecule has 0 heterocycles. The zero-order chi connectivity index (χ0) is 21.9. The molecule has 2 rings (SSSR count). The van der Waals surface area contributed by atoms with Crippen LogP contribution >= 0.6 is 24.0 Å². The number of aliphatic imine (C=N–C) groups is 1. The molecule has 0 saturated carbocycles. The molecule has 0 aliphatic heterocycles. The molecule has 6 nitrogen and oxygen atoms in total. The van der Waals surface area contributed by atoms with Crippen LogP contribution < -0.4 is 20.1 Å². The molecule has 0 aromatic heterocycles. The molecule has 0 radical (unpaired) electrons. The van der Waals surface area contributed by atoms with Gasteiger partial charge in [-0.3, -0.25) is 0 Å². The van der Waals surface area contributed by atoms with Crippen molar-refractivity contribution < 1.29 is 13.9 Å². The third-order valence-electron chi connectivity index (χ3n) is 4.31. The molecule has 2 aromatic rings. The third-order valence-corrected chi connectivity index (χ3v) is 4.31. The number of halogens is 2. The van der Waals surface area contributed by atoms with Gasteiger partial charge < -0.3 is 25.0 Å². The van der Waals surface area contributed by atoms with E-state index < -0.39 is 0 Å². The standard InChI is InChI=1S/C23H33FN4O2.HI/c1-6-25-23(26-14-17(2)30-22-10-8-7-9-21(22)29-5)27-15-18-11-12-20(24)19(13-18)16-28(3)4;/h7-13,17H,6,14-16H2,1-5H3,(H2,25,26,27);1H. The summed E-state index contributed by atoms with van der Waals surface area (Å²) >= 11 is 0. The SMILES string of the molecule is CCNC(=NCc1ccc(F)c(CN(C)C)c1)NCC(C)Oc1ccccc1OC.I. The first-order chi connectivity index (χ1) is 14.4. The molecule has 1 atom stereocenters. The fraction of sp³-hybridized carbons (Fsp3) is 0.435. The number of hydrogen-bond acceptors (Lipinski definition) is 4. The van der Waals surface area contributed by atoms with E-state index in [9.17, 15) is 4.39 Å². The van der Waals surface area contributed by atoms with Gasteiger partial charge in [0, 0.05) is 18.7 Å². The van der Waals surface area contributed by atoms with E-state index in [2.05, 4.69) is 15.6 Å². The first-order valence-electron chi connectivity index (χ1n) is 10.2. The molecule has 172 valence electrons. The molecular formula is C23H34FIN4O2. The van der Waals surface area contributed by atoms with Crippen LogP contribution in [-0.4, -0.2) is 51.3 Å². The Morgan fingerprint density at radius 2 is 1.84 bits per heavy atom. The number of methoxy groups -OCH3 is 1. The van der Waals surface area contributed by atoms with Gasteiger partial charge in [-0.25, -0.2) is 9.38 Å². The lowest BCUT2D eigenvalue weighted by molar-refractivity contribution is 0.213. The second-order valence-corrected chi connectivity index (χ2v) is 7.32. The molecule has 0 aliphatic carbocycles. The minimum absolute atomic E-state index is 0. The predicted molar refractivity (Wildman–Crippen MR) is 135 cm³/mol. The molecule has 0 amide bonds. The summed E-state index contributed by atoms with van der Waals surface area (Å²) in [5.41, 5.74) is 1.63. The quantitative estimate of drug-likeness (QED) is 0.269. The van der Waals surface area contributed by atoms with Gasteiger partial charge in [0.2, 0.25) is 0 Å². The molecule has 0 fully saturated rings. The van der Waals surface area contributed by atoms with Crippen LogP contribution in [0.5, 0.6) is 11.5 Å². The average Bonchev–Trinajstić information content (AvgIpc) is 2.72. The maximum atomic E-state index is 14.0. The van der Waals surface area contributed by atoms with Crippen molar-refractivity contribution in [1.29, 1.82) is 0 Å². The average molecular weight is 544 g/mol. The van der Waals surface area contributed by atoms with Gasteiger partial charge in [0.25, 0.3) is 0 Å². The number of guanidine groups is 1. The maximum absolute atomic E-state index is 14.0. The predicted octanol–water partition coefficient (Wildman–Crippen LogP) is 4.04. The van der Waals surface area contributed by atoms with E-state index in [1.165, 1.54) is 6.07 Å². The van der Waals surface area contributed by atoms with E-state index in [4.69, 9.17) is 9.47 Å². The summed E-state index contributed by atoms with van der Waals surface area (Å²) in [5, 5.41) is 6.53. The summed E-state index contributed by atoms with van der Waals surface area (Å²) < 4.78 is 25.3. The Hall–Kier alpha value is -2.07. The Kier molecular flexibility index (Phi) is 12.2. The molecule has 2 N–H and O–H groups in total. The van der Waals surface area contributed by atoms with Crippen molar-refractivity contribution >= 4 is 29.9 Å². The van der Waals surface area contributed by atoms with Crippen LogP contribution in [0.4, 0.5) is 4.39 Å². The van der Waals surface area contributed by atoms with E-state index in [1.54, 1.807) is 13.2 Å². The van der Waals surface area contributed by atoms with Crippen molar-refractivity contribution in [1.82, 2.24) is 15.5 Å². The van der Waals surface area contributed by atoms with Crippen molar-refractivity contribution in [3.8, 4) is 11.5 Å². The van der Waals surface area contributed by atoms with E-state index in [0.29, 0.717) is 42.7 Å². The van der Waals surface area contributed by atoms with Gasteiger partial charge in [0.15, 0.2) is 17.5 Å². The van der Waals surface area contributed by atoms with Crippen LogP contribution in [0.2, 0.25) is 0 Å². The summed E-state index contributed by atoms with van der Waals surface area (Å²) in [6.07, 6.45) is -0.0947. The summed E-state index contributed by atoms with van der Waals surface area (Å²) in [6.45, 7) is 6.31. The zero-order valence-corrected chi connectivity index (χ0v) is 21.3. The van der Waals surface area contributed by atoms with Gasteiger partial charge in [0.1, 0.15) is 11.9 Å². The van der Waals surface area contributed by atoms with E-state index in [1.807, 2.05) is 63.2 Å². The second kappa shape index (κ2) is 14.1. The van der Waals surface area contributed by atoms with Gasteiger partial charge in [-0.2, -0.15) is 0 Å². The van der Waals surface area contributed by atoms with E-state index >= 15 is 0 Å². The van der Waals surface area contributed by atoms with Gasteiger partial charge >= 0.3 is 0 Å². The summed E-state index contributed by atoms with van der Waals surface area (Å²) in [4.78, 5) is 6.57. The lowest BCUT2D eigenvalue weighted by Crippen LogP contribution is -2.41. The van der Waals surface area contributed by atoms with Crippen LogP contribution in [0, 0.1) is 5.82 Å². The smallest absolute Gasteiger partial charge is 0.191 e. The number of nitrogens with zero attached hydrogens (tertiary/aromatic N) is 2. The molecule has 2 aromatic carbocycles. The molecule has 8 heteroatoms. The minimum atomic E-state index is -0.191. The number of benzene rings is 2. The highest BCUT2D eigenvalue weighted by atomic mass is 127. The second-order valence-electron chi connectivity index (χ2n) is 7.32. The van der Waals surface area contributed by atoms with Crippen LogP contribution in [0.15, 0.2) is 47.5 Å². The lowest BCUT2D eigenvalue weighted by atomic mass is 10.1. The number of ether oxygens (including phenoxy) is 2. The van der Waals surface area contributed by atoms with Crippen molar-refractivity contribution in [3.63, 3.8) is 0 Å². The Morgan fingerprint density at radius 1 is 1.13 bits per heavy atom. The van der Waals surface area contributed by atoms with Crippen molar-refractivity contribution in [2.24, 2.45) is 4.99 Å². The topological polar surface area (TPSA) is 58.1 Å². The Labute approximate surface area is 202 Å². The Morgan fingerprint density at radius 3 is 2.48 bits per heavy atom. The highest BCUT2D eigenvalue weighted by Crippen LogP contribution is 2.26. The van der Waals surface area contributed by atoms with Crippen molar-refractivity contribution in [3.05, 3.63) is 59.4 Å². The normalized spacial score (nSPS) is 12.2. The molecule has 0 spiro atoms. The summed E-state index contributed by atoms with van der Waals surface area (Å²) in [7, 11) is 5.47. The van der Waals surface area contributed by atoms with Crippen LogP contribution in [-0.2, 0) is 13.1 Å². The largest absolute Gasteiger partial charge is 0.493 e. The number of nitrogens with one attached hydrogen (secondary N) is 2. The fourth-order valence-corrected chi connectivity index (χ4v) is 2.92. The van der Waals surface area contributed by atoms with Crippen molar-refractivity contribution in [2.45, 2.75) is 33.0 Å². The first-order valence-corrected chi connectivity index (χ1v) is 10.2. The zero-order valence-electron chi connectivity index (χ0n) is 18.9. The summed E-state index contributed by atoms with van der Waals surface area (Å²) in [6, 6.07) is 12.7. The lowest BCUT2D eigenvalue weighted by Gasteiger charge is -2.19. The van der Waals surface area contributed by atoms with Crippen LogP contribution in [0.25, 0.3) is 0 Å². The van der Waals surface area contributed by atoms with Crippen LogP contribution in [0.3, 0.4) is 0 Å². The summed E-state index contributed by atoms with van der Waals surface area (Å²) in [5.74, 6) is 1.90. The Bertz CT molecular complexity index is 833. The van der Waals surface area contributed by atoms with Crippen molar-refractivity contribution in [2.75, 3.05) is 34.3 Å². The third kappa shape index (κ3) is 9.30. The fourth-order valence-electron chi connectivity index (χ4n) is 2.92. The van der Waals surface area contributed by atoms with Gasteiger partial charge in [-0.1, -0.05) is 18.2 Å². The van der Waals surface area contributed by atoms with E-state index in [-0.39, 0.29) is 35.9 Å². The molecule has 1 unspecified atom stereocenters. The molecule has 31 heavy (non-hydrogen) atoms. The molecule has 0 bridgehead atoms. The van der Waals surface area contributed by atoms with Gasteiger partial charge in [-0.05, 0) is 57.8 Å². The van der Waals surface area contributed by atoms with Gasteiger partial charge in [-0.15, -0.1) is 24.0 Å².